The zero-order chi connectivity index (χ0) is 21.5. The van der Waals surface area contributed by atoms with Crippen LogP contribution in [0.3, 0.4) is 0 Å². The minimum atomic E-state index is -1.11. The number of rotatable bonds is 5. The van der Waals surface area contributed by atoms with Gasteiger partial charge >= 0.3 is 6.03 Å². The highest BCUT2D eigenvalue weighted by atomic mass is 19.1. The van der Waals surface area contributed by atoms with Crippen molar-refractivity contribution in [3.8, 4) is 5.75 Å². The van der Waals surface area contributed by atoms with E-state index < -0.39 is 41.1 Å². The molecule has 1 saturated carbocycles. The molecule has 1 aromatic heterocycles. The average Bonchev–Trinajstić information content (AvgIpc) is 3.40. The highest BCUT2D eigenvalue weighted by Gasteiger charge is 2.48. The van der Waals surface area contributed by atoms with Gasteiger partial charge in [0.2, 0.25) is 5.91 Å². The zero-order valence-corrected chi connectivity index (χ0v) is 16.6. The Hall–Kier alpha value is -3.23. The van der Waals surface area contributed by atoms with Gasteiger partial charge in [-0.05, 0) is 31.4 Å². The summed E-state index contributed by atoms with van der Waals surface area (Å²) in [7, 11) is 1.31. The Balaban J connectivity index is 1.51. The van der Waals surface area contributed by atoms with Crippen molar-refractivity contribution in [2.75, 3.05) is 13.7 Å². The smallest absolute Gasteiger partial charge is 0.316 e. The molecular formula is C21H22F2N4O3. The maximum atomic E-state index is 14.5. The zero-order valence-electron chi connectivity index (χ0n) is 16.6. The quantitative estimate of drug-likeness (QED) is 0.697. The van der Waals surface area contributed by atoms with Crippen LogP contribution in [0.5, 0.6) is 5.75 Å². The van der Waals surface area contributed by atoms with E-state index in [0.717, 1.165) is 36.2 Å². The van der Waals surface area contributed by atoms with Crippen LogP contribution in [-0.4, -0.2) is 36.6 Å². The van der Waals surface area contributed by atoms with Crippen LogP contribution in [0.1, 0.15) is 35.6 Å². The lowest BCUT2D eigenvalue weighted by atomic mass is 9.93. The Bertz CT molecular complexity index is 969. The molecule has 4 rings (SSSR count). The summed E-state index contributed by atoms with van der Waals surface area (Å²) in [6.45, 7) is 1.93. The van der Waals surface area contributed by atoms with E-state index in [1.807, 2.05) is 19.1 Å². The topological polar surface area (TPSA) is 92.4 Å². The van der Waals surface area contributed by atoms with E-state index in [9.17, 15) is 18.4 Å². The van der Waals surface area contributed by atoms with Crippen molar-refractivity contribution < 1.29 is 23.1 Å². The molecule has 2 heterocycles. The van der Waals surface area contributed by atoms with Crippen molar-refractivity contribution in [2.45, 2.75) is 37.3 Å². The number of hydrogen-bond donors (Lipinski definition) is 3. The number of urea groups is 1. The predicted molar refractivity (Wildman–Crippen MR) is 104 cm³/mol. The van der Waals surface area contributed by atoms with Crippen molar-refractivity contribution in [3.05, 3.63) is 58.9 Å². The van der Waals surface area contributed by atoms with Gasteiger partial charge in [0.05, 0.1) is 18.3 Å². The summed E-state index contributed by atoms with van der Waals surface area (Å²) in [5.41, 5.74) is 0.899. The molecule has 0 radical (unpaired) electrons. The van der Waals surface area contributed by atoms with Gasteiger partial charge in [-0.2, -0.15) is 0 Å². The molecule has 2 fully saturated rings. The van der Waals surface area contributed by atoms with E-state index in [1.165, 1.54) is 7.11 Å². The maximum absolute atomic E-state index is 14.5. The van der Waals surface area contributed by atoms with E-state index in [0.29, 0.717) is 0 Å². The Morgan fingerprint density at radius 2 is 1.97 bits per heavy atom. The van der Waals surface area contributed by atoms with Crippen molar-refractivity contribution in [1.82, 2.24) is 20.9 Å². The largest absolute Gasteiger partial charge is 0.497 e. The summed E-state index contributed by atoms with van der Waals surface area (Å²) in [6.07, 6.45) is 3.17. The van der Waals surface area contributed by atoms with Gasteiger partial charge in [0, 0.05) is 36.4 Å². The first-order chi connectivity index (χ1) is 14.3. The molecule has 3 N–H and O–H groups in total. The number of carbonyl (C=O) groups is 2. The molecule has 3 amide bonds. The molecule has 30 heavy (non-hydrogen) atoms. The van der Waals surface area contributed by atoms with E-state index in [1.54, 1.807) is 6.20 Å². The summed E-state index contributed by atoms with van der Waals surface area (Å²) in [5.74, 6) is -3.01. The summed E-state index contributed by atoms with van der Waals surface area (Å²) >= 11 is 0. The van der Waals surface area contributed by atoms with Crippen LogP contribution in [0, 0.1) is 18.6 Å². The molecule has 2 aromatic rings. The molecule has 0 unspecified atom stereocenters. The van der Waals surface area contributed by atoms with Crippen molar-refractivity contribution in [1.29, 1.82) is 0 Å². The van der Waals surface area contributed by atoms with Crippen LogP contribution in [0.25, 0.3) is 0 Å². The lowest BCUT2D eigenvalue weighted by Crippen LogP contribution is -2.50. The van der Waals surface area contributed by atoms with Gasteiger partial charge in [0.25, 0.3) is 0 Å². The highest BCUT2D eigenvalue weighted by Crippen LogP contribution is 2.44. The van der Waals surface area contributed by atoms with Crippen LogP contribution < -0.4 is 20.7 Å². The molecular weight excluding hydrogens is 394 g/mol. The third-order valence-electron chi connectivity index (χ3n) is 5.63. The number of nitrogens with one attached hydrogen (secondary N) is 3. The molecule has 1 aromatic carbocycles. The number of benzene rings is 1. The normalized spacial score (nSPS) is 21.7. The van der Waals surface area contributed by atoms with Gasteiger partial charge in [-0.3, -0.25) is 9.78 Å². The van der Waals surface area contributed by atoms with Gasteiger partial charge in [0.1, 0.15) is 23.4 Å². The number of halogens is 2. The fourth-order valence-corrected chi connectivity index (χ4v) is 3.80. The SMILES string of the molecule is COc1cc(F)c([C@@H]2CNC(=O)[C@H]2NC(=O)NC2(c3ccc(C)cn3)CC2)c(F)c1. The summed E-state index contributed by atoms with van der Waals surface area (Å²) < 4.78 is 33.9. The molecule has 2 atom stereocenters. The molecule has 7 nitrogen and oxygen atoms in total. The number of aromatic nitrogens is 1. The second kappa shape index (κ2) is 7.55. The van der Waals surface area contributed by atoms with Gasteiger partial charge in [-0.15, -0.1) is 0 Å². The average molecular weight is 416 g/mol. The lowest BCUT2D eigenvalue weighted by molar-refractivity contribution is -0.120. The summed E-state index contributed by atoms with van der Waals surface area (Å²) in [6, 6.07) is 4.19. The second-order valence-electron chi connectivity index (χ2n) is 7.74. The molecule has 9 heteroatoms. The number of ether oxygens (including phenoxy) is 1. The van der Waals surface area contributed by atoms with Crippen molar-refractivity contribution in [3.63, 3.8) is 0 Å². The number of pyridine rings is 1. The fraction of sp³-hybridized carbons (Fsp3) is 0.381. The first kappa shape index (κ1) is 20.1. The van der Waals surface area contributed by atoms with Crippen LogP contribution in [-0.2, 0) is 10.3 Å². The third kappa shape index (κ3) is 3.67. The number of amides is 3. The molecule has 158 valence electrons. The lowest BCUT2D eigenvalue weighted by Gasteiger charge is -2.23. The monoisotopic (exact) mass is 416 g/mol. The highest BCUT2D eigenvalue weighted by molar-refractivity contribution is 5.90. The number of nitrogens with zero attached hydrogens (tertiary/aromatic N) is 1. The van der Waals surface area contributed by atoms with Crippen LogP contribution in [0.4, 0.5) is 13.6 Å². The number of methoxy groups -OCH3 is 1. The van der Waals surface area contributed by atoms with Crippen LogP contribution >= 0.6 is 0 Å². The van der Waals surface area contributed by atoms with Gasteiger partial charge in [-0.1, -0.05) is 6.07 Å². The fourth-order valence-electron chi connectivity index (χ4n) is 3.80. The molecule has 0 bridgehead atoms. The first-order valence-electron chi connectivity index (χ1n) is 9.65. The summed E-state index contributed by atoms with van der Waals surface area (Å²) in [4.78, 5) is 29.3. The van der Waals surface area contributed by atoms with Gasteiger partial charge < -0.3 is 20.7 Å². The Morgan fingerprint density at radius 3 is 2.53 bits per heavy atom. The van der Waals surface area contributed by atoms with E-state index >= 15 is 0 Å². The van der Waals surface area contributed by atoms with Crippen LogP contribution in [0.2, 0.25) is 0 Å². The van der Waals surface area contributed by atoms with E-state index in [2.05, 4.69) is 20.9 Å². The molecule has 0 spiro atoms. The third-order valence-corrected chi connectivity index (χ3v) is 5.63. The van der Waals surface area contributed by atoms with Crippen molar-refractivity contribution in [2.24, 2.45) is 0 Å². The van der Waals surface area contributed by atoms with Crippen LogP contribution in [0.15, 0.2) is 30.5 Å². The van der Waals surface area contributed by atoms with E-state index in [-0.39, 0.29) is 17.9 Å². The minimum Gasteiger partial charge on any atom is -0.497 e. The Labute approximate surface area is 172 Å². The minimum absolute atomic E-state index is 0.00854. The predicted octanol–water partition coefficient (Wildman–Crippen LogP) is 2.25. The number of hydrogen-bond acceptors (Lipinski definition) is 4. The van der Waals surface area contributed by atoms with E-state index in [4.69, 9.17) is 4.74 Å². The Morgan fingerprint density at radius 1 is 1.27 bits per heavy atom. The molecule has 1 saturated heterocycles. The maximum Gasteiger partial charge on any atom is 0.316 e. The molecule has 1 aliphatic carbocycles. The Kier molecular flexibility index (Phi) is 5.05. The standard InChI is InChI=1S/C21H22F2N4O3/c1-11-3-4-16(24-9-11)21(5-6-21)27-20(29)26-18-13(10-25-19(18)28)17-14(22)7-12(30-2)8-15(17)23/h3-4,7-9,13,18H,5-6,10H2,1-2H3,(H,25,28)(H2,26,27,29)/t13-,18-/m0/s1. The summed E-state index contributed by atoms with van der Waals surface area (Å²) in [5, 5.41) is 8.02. The second-order valence-corrected chi connectivity index (χ2v) is 7.74. The first-order valence-corrected chi connectivity index (χ1v) is 9.65. The number of aryl methyl sites for hydroxylation is 1. The molecule has 2 aliphatic rings. The number of carbonyl (C=O) groups excluding carboxylic acids is 2. The van der Waals surface area contributed by atoms with Crippen molar-refractivity contribution >= 4 is 11.9 Å². The molecule has 1 aliphatic heterocycles. The van der Waals surface area contributed by atoms with Gasteiger partial charge in [-0.25, -0.2) is 13.6 Å². The van der Waals surface area contributed by atoms with Gasteiger partial charge in [0.15, 0.2) is 0 Å².